The second-order valence-electron chi connectivity index (χ2n) is 5.59. The molecule has 4 atom stereocenters. The zero-order chi connectivity index (χ0) is 17.1. The highest BCUT2D eigenvalue weighted by atomic mass is 16.6. The third kappa shape index (κ3) is 3.58. The third-order valence-corrected chi connectivity index (χ3v) is 3.64. The van der Waals surface area contributed by atoms with E-state index in [-0.39, 0.29) is 17.6 Å². The Bertz CT molecular complexity index is 617. The van der Waals surface area contributed by atoms with Gasteiger partial charge in [0.2, 0.25) is 5.91 Å². The van der Waals surface area contributed by atoms with E-state index in [9.17, 15) is 19.8 Å². The van der Waals surface area contributed by atoms with Gasteiger partial charge in [0.1, 0.15) is 24.1 Å². The molecule has 1 aromatic rings. The van der Waals surface area contributed by atoms with Crippen LogP contribution < -0.4 is 11.0 Å². The van der Waals surface area contributed by atoms with Gasteiger partial charge in [-0.15, -0.1) is 0 Å². The van der Waals surface area contributed by atoms with Crippen LogP contribution in [0.2, 0.25) is 0 Å². The highest BCUT2D eigenvalue weighted by Gasteiger charge is 2.45. The van der Waals surface area contributed by atoms with Gasteiger partial charge in [-0.25, -0.2) is 4.79 Å². The molecule has 1 saturated heterocycles. The number of nitrogens with one attached hydrogen (secondary N) is 1. The molecule has 9 heteroatoms. The second kappa shape index (κ2) is 7.18. The van der Waals surface area contributed by atoms with E-state index >= 15 is 0 Å². The highest BCUT2D eigenvalue weighted by molar-refractivity contribution is 5.91. The fourth-order valence-corrected chi connectivity index (χ4v) is 2.29. The standard InChI is InChI=1S/C14H21N3O6/c1-7(2)12(20)15-9-4-5-17(14(21)16-9)13-11(22-3)10(19)8(6-18)23-13/h4-5,7-8,10-11,13,18-19H,6H2,1-3H3,(H,15,16,20,21)/t8-,10-,11-,13-/m1/s1. The Labute approximate surface area is 132 Å². The van der Waals surface area contributed by atoms with Crippen molar-refractivity contribution >= 4 is 11.7 Å². The lowest BCUT2D eigenvalue weighted by atomic mass is 10.1. The molecule has 23 heavy (non-hydrogen) atoms. The molecule has 0 saturated carbocycles. The summed E-state index contributed by atoms with van der Waals surface area (Å²) in [5, 5.41) is 21.7. The van der Waals surface area contributed by atoms with Crippen molar-refractivity contribution in [2.24, 2.45) is 5.92 Å². The van der Waals surface area contributed by atoms with Gasteiger partial charge < -0.3 is 25.0 Å². The molecule has 0 aliphatic carbocycles. The van der Waals surface area contributed by atoms with Gasteiger partial charge in [-0.05, 0) is 6.07 Å². The summed E-state index contributed by atoms with van der Waals surface area (Å²) in [4.78, 5) is 27.6. The van der Waals surface area contributed by atoms with Gasteiger partial charge in [0, 0.05) is 19.2 Å². The molecule has 2 heterocycles. The smallest absolute Gasteiger partial charge is 0.351 e. The largest absolute Gasteiger partial charge is 0.394 e. The molecule has 0 aromatic carbocycles. The summed E-state index contributed by atoms with van der Waals surface area (Å²) in [5.41, 5.74) is -0.663. The number of ether oxygens (including phenoxy) is 2. The normalized spacial score (nSPS) is 27.4. The van der Waals surface area contributed by atoms with Crippen LogP contribution in [0.15, 0.2) is 17.1 Å². The highest BCUT2D eigenvalue weighted by Crippen LogP contribution is 2.30. The number of hydrogen-bond acceptors (Lipinski definition) is 7. The number of anilines is 1. The second-order valence-corrected chi connectivity index (χ2v) is 5.59. The van der Waals surface area contributed by atoms with Crippen LogP contribution in [-0.4, -0.2) is 57.7 Å². The molecule has 0 radical (unpaired) electrons. The van der Waals surface area contributed by atoms with Crippen LogP contribution in [0.3, 0.4) is 0 Å². The van der Waals surface area contributed by atoms with E-state index in [0.717, 1.165) is 4.57 Å². The third-order valence-electron chi connectivity index (χ3n) is 3.64. The Balaban J connectivity index is 2.24. The number of rotatable bonds is 5. The SMILES string of the molecule is CO[C@@H]1[C@H](O)[C@@H](CO)O[C@H]1n1ccc(NC(=O)C(C)C)nc1=O. The molecule has 0 spiro atoms. The Morgan fingerprint density at radius 1 is 1.57 bits per heavy atom. The zero-order valence-corrected chi connectivity index (χ0v) is 13.2. The number of carbonyl (C=O) groups is 1. The van der Waals surface area contributed by atoms with Crippen molar-refractivity contribution in [1.82, 2.24) is 9.55 Å². The Kier molecular flexibility index (Phi) is 5.47. The van der Waals surface area contributed by atoms with Crippen LogP contribution >= 0.6 is 0 Å². The summed E-state index contributed by atoms with van der Waals surface area (Å²) in [6, 6.07) is 1.45. The summed E-state index contributed by atoms with van der Waals surface area (Å²) in [6.45, 7) is 3.05. The molecule has 2 rings (SSSR count). The lowest BCUT2D eigenvalue weighted by molar-refractivity contribution is -0.118. The van der Waals surface area contributed by atoms with Crippen molar-refractivity contribution < 1.29 is 24.5 Å². The Morgan fingerprint density at radius 3 is 2.78 bits per heavy atom. The maximum Gasteiger partial charge on any atom is 0.351 e. The van der Waals surface area contributed by atoms with Crippen molar-refractivity contribution in [2.45, 2.75) is 38.4 Å². The quantitative estimate of drug-likeness (QED) is 0.640. The molecular weight excluding hydrogens is 306 g/mol. The van der Waals surface area contributed by atoms with Gasteiger partial charge in [-0.1, -0.05) is 13.8 Å². The fraction of sp³-hybridized carbons (Fsp3) is 0.643. The number of nitrogens with zero attached hydrogens (tertiary/aromatic N) is 2. The lowest BCUT2D eigenvalue weighted by Crippen LogP contribution is -2.37. The maximum atomic E-state index is 12.2. The molecular formula is C14H21N3O6. The number of aliphatic hydroxyl groups excluding tert-OH is 2. The van der Waals surface area contributed by atoms with Crippen LogP contribution in [0.1, 0.15) is 20.1 Å². The minimum Gasteiger partial charge on any atom is -0.394 e. The summed E-state index contributed by atoms with van der Waals surface area (Å²) in [6.07, 6.45) is -2.25. The van der Waals surface area contributed by atoms with E-state index in [4.69, 9.17) is 9.47 Å². The van der Waals surface area contributed by atoms with Gasteiger partial charge in [0.25, 0.3) is 0 Å². The number of hydrogen-bond donors (Lipinski definition) is 3. The fourth-order valence-electron chi connectivity index (χ4n) is 2.29. The number of aromatic nitrogens is 2. The van der Waals surface area contributed by atoms with Crippen molar-refractivity contribution in [3.63, 3.8) is 0 Å². The van der Waals surface area contributed by atoms with E-state index in [0.29, 0.717) is 0 Å². The first-order valence-corrected chi connectivity index (χ1v) is 7.26. The van der Waals surface area contributed by atoms with Crippen LogP contribution in [-0.2, 0) is 14.3 Å². The molecule has 1 aromatic heterocycles. The molecule has 0 unspecified atom stereocenters. The minimum atomic E-state index is -1.07. The predicted octanol–water partition coefficient (Wildman–Crippen LogP) is -0.897. The van der Waals surface area contributed by atoms with Gasteiger partial charge in [-0.3, -0.25) is 9.36 Å². The molecule has 3 N–H and O–H groups in total. The Hall–Kier alpha value is -1.81. The summed E-state index contributed by atoms with van der Waals surface area (Å²) < 4.78 is 11.8. The first-order valence-electron chi connectivity index (χ1n) is 7.26. The van der Waals surface area contributed by atoms with E-state index in [1.165, 1.54) is 19.4 Å². The van der Waals surface area contributed by atoms with Crippen molar-refractivity contribution in [3.05, 3.63) is 22.7 Å². The number of methoxy groups -OCH3 is 1. The summed E-state index contributed by atoms with van der Waals surface area (Å²) in [5.74, 6) is -0.357. The van der Waals surface area contributed by atoms with Crippen molar-refractivity contribution in [1.29, 1.82) is 0 Å². The van der Waals surface area contributed by atoms with Crippen molar-refractivity contribution in [3.8, 4) is 0 Å². The maximum absolute atomic E-state index is 12.2. The number of amides is 1. The van der Waals surface area contributed by atoms with Crippen molar-refractivity contribution in [2.75, 3.05) is 19.0 Å². The number of carbonyl (C=O) groups excluding carboxylic acids is 1. The molecule has 128 valence electrons. The molecule has 9 nitrogen and oxygen atoms in total. The van der Waals surface area contributed by atoms with Crippen LogP contribution in [0.5, 0.6) is 0 Å². The molecule has 1 aliphatic rings. The van der Waals surface area contributed by atoms with Crippen LogP contribution in [0, 0.1) is 5.92 Å². The Morgan fingerprint density at radius 2 is 2.26 bits per heavy atom. The van der Waals surface area contributed by atoms with E-state index < -0.39 is 36.8 Å². The van der Waals surface area contributed by atoms with Crippen LogP contribution in [0.4, 0.5) is 5.82 Å². The van der Waals surface area contributed by atoms with E-state index in [1.807, 2.05) is 0 Å². The van der Waals surface area contributed by atoms with Gasteiger partial charge in [0.05, 0.1) is 6.61 Å². The molecule has 1 amide bonds. The first-order chi connectivity index (χ1) is 10.9. The first kappa shape index (κ1) is 17.5. The van der Waals surface area contributed by atoms with Gasteiger partial charge in [0.15, 0.2) is 6.23 Å². The molecule has 1 fully saturated rings. The van der Waals surface area contributed by atoms with Gasteiger partial charge >= 0.3 is 5.69 Å². The number of aliphatic hydroxyl groups is 2. The molecule has 0 bridgehead atoms. The molecule has 1 aliphatic heterocycles. The van der Waals surface area contributed by atoms with E-state index in [2.05, 4.69) is 10.3 Å². The summed E-state index contributed by atoms with van der Waals surface area (Å²) >= 11 is 0. The monoisotopic (exact) mass is 327 g/mol. The minimum absolute atomic E-state index is 0.135. The van der Waals surface area contributed by atoms with Gasteiger partial charge in [-0.2, -0.15) is 4.98 Å². The average molecular weight is 327 g/mol. The van der Waals surface area contributed by atoms with E-state index in [1.54, 1.807) is 13.8 Å². The van der Waals surface area contributed by atoms with Crippen LogP contribution in [0.25, 0.3) is 0 Å². The summed E-state index contributed by atoms with van der Waals surface area (Å²) in [7, 11) is 1.37. The average Bonchev–Trinajstić information content (AvgIpc) is 2.83. The predicted molar refractivity (Wildman–Crippen MR) is 79.8 cm³/mol. The zero-order valence-electron chi connectivity index (χ0n) is 13.2. The topological polar surface area (TPSA) is 123 Å². The lowest BCUT2D eigenvalue weighted by Gasteiger charge is -2.20.